The second kappa shape index (κ2) is 9.02. The molecule has 194 valence electrons. The zero-order valence-electron chi connectivity index (χ0n) is 21.6. The molecule has 0 radical (unpaired) electrons. The van der Waals surface area contributed by atoms with Crippen LogP contribution in [0.1, 0.15) is 41.0 Å². The molecule has 4 atom stereocenters. The molecule has 38 heavy (non-hydrogen) atoms. The summed E-state index contributed by atoms with van der Waals surface area (Å²) in [6.07, 6.45) is 1.72. The lowest BCUT2D eigenvalue weighted by atomic mass is 9.42. The summed E-state index contributed by atoms with van der Waals surface area (Å²) in [4.78, 5) is 29.7. The van der Waals surface area contributed by atoms with Crippen LogP contribution in [0.3, 0.4) is 0 Å². The number of halogens is 1. The average Bonchev–Trinajstić information content (AvgIpc) is 3.40. The van der Waals surface area contributed by atoms with E-state index in [1.165, 1.54) is 18.2 Å². The van der Waals surface area contributed by atoms with E-state index in [1.54, 1.807) is 7.11 Å². The van der Waals surface area contributed by atoms with Gasteiger partial charge in [-0.05, 0) is 47.7 Å². The summed E-state index contributed by atoms with van der Waals surface area (Å²) < 4.78 is 11.0. The number of methoxy groups -OCH3 is 2. The fourth-order valence-electron chi connectivity index (χ4n) is 7.73. The Morgan fingerprint density at radius 2 is 1.71 bits per heavy atom. The van der Waals surface area contributed by atoms with Gasteiger partial charge in [-0.15, -0.1) is 0 Å². The number of hydrogen-bond acceptors (Lipinski definition) is 4. The van der Waals surface area contributed by atoms with Crippen LogP contribution < -0.4 is 4.74 Å². The number of likely N-dealkylation sites (tertiary alicyclic amines) is 1. The van der Waals surface area contributed by atoms with Gasteiger partial charge in [0.1, 0.15) is 5.75 Å². The third-order valence-electron chi connectivity index (χ3n) is 9.24. The lowest BCUT2D eigenvalue weighted by molar-refractivity contribution is -0.161. The van der Waals surface area contributed by atoms with Gasteiger partial charge < -0.3 is 14.4 Å². The lowest BCUT2D eigenvalue weighted by Crippen LogP contribution is -2.60. The average molecular weight is 528 g/mol. The van der Waals surface area contributed by atoms with Crippen molar-refractivity contribution in [3.63, 3.8) is 0 Å². The molecular weight excluding hydrogens is 498 g/mol. The van der Waals surface area contributed by atoms with Crippen molar-refractivity contribution < 1.29 is 19.1 Å². The minimum atomic E-state index is -0.863. The van der Waals surface area contributed by atoms with Crippen LogP contribution in [0.4, 0.5) is 0 Å². The van der Waals surface area contributed by atoms with Crippen molar-refractivity contribution in [3.05, 3.63) is 107 Å². The zero-order valence-corrected chi connectivity index (χ0v) is 22.3. The van der Waals surface area contributed by atoms with E-state index in [1.807, 2.05) is 47.4 Å². The normalized spacial score (nSPS) is 26.9. The number of carbonyl (C=O) groups excluding carboxylic acids is 2. The van der Waals surface area contributed by atoms with E-state index in [2.05, 4.69) is 36.9 Å². The second-order valence-electron chi connectivity index (χ2n) is 10.6. The Kier molecular flexibility index (Phi) is 5.88. The van der Waals surface area contributed by atoms with Crippen LogP contribution in [0.5, 0.6) is 5.75 Å². The van der Waals surface area contributed by atoms with Crippen LogP contribution in [0.25, 0.3) is 5.57 Å². The van der Waals surface area contributed by atoms with Gasteiger partial charge in [0.05, 0.1) is 19.6 Å². The first-order valence-electron chi connectivity index (χ1n) is 12.9. The molecule has 1 saturated carbocycles. The highest BCUT2D eigenvalue weighted by molar-refractivity contribution is 6.30. The molecule has 3 aliphatic carbocycles. The Labute approximate surface area is 228 Å². The zero-order chi connectivity index (χ0) is 26.7. The summed E-state index contributed by atoms with van der Waals surface area (Å²) in [5.41, 5.74) is 3.22. The SMILES string of the molecule is C=C(C(=O)N1CC2C3(c4ccc(Cl)cc4)CCC(c4ccccc43)C2(C(=O)OC)C1)c1ccccc1OC. The Bertz CT molecular complexity index is 1450. The van der Waals surface area contributed by atoms with Crippen LogP contribution in [-0.2, 0) is 19.7 Å². The van der Waals surface area contributed by atoms with E-state index < -0.39 is 10.8 Å². The largest absolute Gasteiger partial charge is 0.496 e. The summed E-state index contributed by atoms with van der Waals surface area (Å²) in [5, 5.41) is 0.665. The minimum absolute atomic E-state index is 0.0392. The predicted octanol–water partition coefficient (Wildman–Crippen LogP) is 5.86. The lowest BCUT2D eigenvalue weighted by Gasteiger charge is -2.59. The molecule has 4 aliphatic rings. The molecule has 1 saturated heterocycles. The number of ether oxygens (including phenoxy) is 2. The van der Waals surface area contributed by atoms with E-state index in [0.29, 0.717) is 28.5 Å². The smallest absolute Gasteiger partial charge is 0.314 e. The maximum atomic E-state index is 14.0. The third kappa shape index (κ3) is 3.24. The number of amides is 1. The molecule has 0 N–H and O–H groups in total. The quantitative estimate of drug-likeness (QED) is 0.308. The predicted molar refractivity (Wildman–Crippen MR) is 147 cm³/mol. The van der Waals surface area contributed by atoms with Crippen molar-refractivity contribution in [1.82, 2.24) is 4.90 Å². The van der Waals surface area contributed by atoms with Gasteiger partial charge in [-0.1, -0.05) is 72.8 Å². The monoisotopic (exact) mass is 527 g/mol. The first kappa shape index (κ1) is 24.7. The number of benzene rings is 3. The molecule has 6 heteroatoms. The van der Waals surface area contributed by atoms with Gasteiger partial charge >= 0.3 is 5.97 Å². The van der Waals surface area contributed by atoms with Crippen LogP contribution in [0, 0.1) is 11.3 Å². The summed E-state index contributed by atoms with van der Waals surface area (Å²) in [6, 6.07) is 23.8. The molecule has 4 unspecified atom stereocenters. The molecule has 3 aromatic carbocycles. The fourth-order valence-corrected chi connectivity index (χ4v) is 7.86. The summed E-state index contributed by atoms with van der Waals surface area (Å²) in [7, 11) is 3.04. The van der Waals surface area contributed by atoms with Gasteiger partial charge in [0.15, 0.2) is 0 Å². The van der Waals surface area contributed by atoms with Crippen LogP contribution in [0.15, 0.2) is 79.4 Å². The highest BCUT2D eigenvalue weighted by Crippen LogP contribution is 2.69. The molecule has 1 amide bonds. The number of carbonyl (C=O) groups is 2. The summed E-state index contributed by atoms with van der Waals surface area (Å²) in [6.45, 7) is 4.87. The van der Waals surface area contributed by atoms with Gasteiger partial charge in [-0.3, -0.25) is 9.59 Å². The van der Waals surface area contributed by atoms with Crippen molar-refractivity contribution >= 4 is 29.1 Å². The standard InChI is InChI=1S/C32H30ClNO4/c1-20(23-8-5-7-11-27(23)37-2)29(35)34-18-28-31(21-12-14-22(33)15-13-21)17-16-26(24-9-4-6-10-25(24)31)32(28,19-34)30(36)38-3/h4-15,26,28H,1,16-19H2,2-3H3. The number of hydrogen-bond donors (Lipinski definition) is 0. The van der Waals surface area contributed by atoms with E-state index in [-0.39, 0.29) is 30.3 Å². The maximum absolute atomic E-state index is 14.0. The highest BCUT2D eigenvalue weighted by Gasteiger charge is 2.71. The van der Waals surface area contributed by atoms with Gasteiger partial charge in [0, 0.05) is 46.5 Å². The first-order valence-corrected chi connectivity index (χ1v) is 13.3. The topological polar surface area (TPSA) is 55.8 Å². The van der Waals surface area contributed by atoms with Gasteiger partial charge in [-0.25, -0.2) is 0 Å². The van der Waals surface area contributed by atoms with Crippen molar-refractivity contribution in [3.8, 4) is 5.75 Å². The van der Waals surface area contributed by atoms with Crippen molar-refractivity contribution in [2.24, 2.45) is 11.3 Å². The van der Waals surface area contributed by atoms with Crippen molar-refractivity contribution in [2.45, 2.75) is 24.2 Å². The Hall–Kier alpha value is -3.57. The van der Waals surface area contributed by atoms with Crippen LogP contribution in [-0.4, -0.2) is 44.1 Å². The van der Waals surface area contributed by atoms with Crippen molar-refractivity contribution in [1.29, 1.82) is 0 Å². The number of fused-ring (bicyclic) bond motifs is 1. The van der Waals surface area contributed by atoms with Gasteiger partial charge in [-0.2, -0.15) is 0 Å². The summed E-state index contributed by atoms with van der Waals surface area (Å²) in [5.74, 6) is -0.0512. The van der Waals surface area contributed by atoms with E-state index in [0.717, 1.165) is 18.4 Å². The highest BCUT2D eigenvalue weighted by atomic mass is 35.5. The van der Waals surface area contributed by atoms with Gasteiger partial charge in [0.25, 0.3) is 5.91 Å². The van der Waals surface area contributed by atoms with Crippen LogP contribution >= 0.6 is 11.6 Å². The fraction of sp³-hybridized carbons (Fsp3) is 0.312. The van der Waals surface area contributed by atoms with Crippen LogP contribution in [0.2, 0.25) is 5.02 Å². The first-order chi connectivity index (χ1) is 18.4. The second-order valence-corrected chi connectivity index (χ2v) is 11.0. The molecule has 2 fully saturated rings. The van der Waals surface area contributed by atoms with E-state index in [4.69, 9.17) is 21.1 Å². The molecule has 1 heterocycles. The maximum Gasteiger partial charge on any atom is 0.314 e. The van der Waals surface area contributed by atoms with Gasteiger partial charge in [0.2, 0.25) is 0 Å². The van der Waals surface area contributed by atoms with E-state index in [9.17, 15) is 9.59 Å². The number of esters is 1. The number of nitrogens with zero attached hydrogens (tertiary/aromatic N) is 1. The molecule has 2 bridgehead atoms. The van der Waals surface area contributed by atoms with E-state index >= 15 is 0 Å². The molecular formula is C32H30ClNO4. The molecule has 7 rings (SSSR count). The Morgan fingerprint density at radius 3 is 2.45 bits per heavy atom. The summed E-state index contributed by atoms with van der Waals surface area (Å²) >= 11 is 6.30. The number of para-hydroxylation sites is 1. The molecule has 3 aromatic rings. The Balaban J connectivity index is 1.51. The molecule has 0 spiro atoms. The molecule has 1 aliphatic heterocycles. The van der Waals surface area contributed by atoms with Crippen molar-refractivity contribution in [2.75, 3.05) is 27.3 Å². The Morgan fingerprint density at radius 1 is 1.00 bits per heavy atom. The molecule has 0 aromatic heterocycles. The minimum Gasteiger partial charge on any atom is -0.496 e. The molecule has 5 nitrogen and oxygen atoms in total. The number of rotatable bonds is 5. The third-order valence-corrected chi connectivity index (χ3v) is 9.49.